The Balaban J connectivity index is 2.70. The van der Waals surface area contributed by atoms with Gasteiger partial charge in [-0.15, -0.1) is 0 Å². The van der Waals surface area contributed by atoms with Crippen LogP contribution in [0.5, 0.6) is 0 Å². The number of nitriles is 1. The number of imidazole rings is 1. The zero-order valence-corrected chi connectivity index (χ0v) is 8.86. The van der Waals surface area contributed by atoms with E-state index in [4.69, 9.17) is 16.9 Å². The average Bonchev–Trinajstić information content (AvgIpc) is 2.64. The van der Waals surface area contributed by atoms with Crippen molar-refractivity contribution in [2.75, 3.05) is 0 Å². The van der Waals surface area contributed by atoms with Crippen molar-refractivity contribution in [1.82, 2.24) is 9.55 Å². The molecule has 0 saturated heterocycles. The van der Waals surface area contributed by atoms with Gasteiger partial charge in [0.2, 0.25) is 0 Å². The monoisotopic (exact) mass is 217 g/mol. The molecule has 74 valence electrons. The molecule has 2 aromatic rings. The molecule has 0 aliphatic carbocycles. The highest BCUT2D eigenvalue weighted by molar-refractivity contribution is 6.32. The summed E-state index contributed by atoms with van der Waals surface area (Å²) < 4.78 is 1.84. The van der Waals surface area contributed by atoms with E-state index < -0.39 is 0 Å². The number of aromatic nitrogens is 2. The summed E-state index contributed by atoms with van der Waals surface area (Å²) in [4.78, 5) is 4.11. The van der Waals surface area contributed by atoms with Gasteiger partial charge in [-0.1, -0.05) is 17.7 Å². The lowest BCUT2D eigenvalue weighted by Crippen LogP contribution is -1.98. The van der Waals surface area contributed by atoms with E-state index in [1.165, 1.54) is 0 Å². The number of rotatable bonds is 1. The van der Waals surface area contributed by atoms with Gasteiger partial charge >= 0.3 is 0 Å². The fourth-order valence-corrected chi connectivity index (χ4v) is 1.67. The van der Waals surface area contributed by atoms with E-state index in [0.29, 0.717) is 10.6 Å². The van der Waals surface area contributed by atoms with Crippen molar-refractivity contribution in [2.24, 2.45) is 0 Å². The number of aryl methyl sites for hydroxylation is 1. The first-order chi connectivity index (χ1) is 7.24. The zero-order chi connectivity index (χ0) is 10.8. The minimum Gasteiger partial charge on any atom is -0.303 e. The van der Waals surface area contributed by atoms with Crippen LogP contribution >= 0.6 is 11.6 Å². The van der Waals surface area contributed by atoms with Crippen LogP contribution in [-0.2, 0) is 0 Å². The fraction of sp³-hybridized carbons (Fsp3) is 0.0909. The average molecular weight is 218 g/mol. The molecule has 3 nitrogen and oxygen atoms in total. The first kappa shape index (κ1) is 9.75. The van der Waals surface area contributed by atoms with Crippen LogP contribution in [0.25, 0.3) is 5.69 Å². The molecule has 0 atom stereocenters. The van der Waals surface area contributed by atoms with Gasteiger partial charge in [-0.3, -0.25) is 0 Å². The smallest absolute Gasteiger partial charge is 0.110 e. The molecule has 0 spiro atoms. The lowest BCUT2D eigenvalue weighted by molar-refractivity contribution is 0.971. The van der Waals surface area contributed by atoms with Crippen LogP contribution in [0.3, 0.4) is 0 Å². The molecule has 0 bridgehead atoms. The van der Waals surface area contributed by atoms with Gasteiger partial charge in [0, 0.05) is 12.4 Å². The van der Waals surface area contributed by atoms with Crippen LogP contribution in [0.1, 0.15) is 11.4 Å². The van der Waals surface area contributed by atoms with Crippen molar-refractivity contribution in [3.05, 3.63) is 47.0 Å². The Labute approximate surface area is 92.6 Å². The molecule has 0 fully saturated rings. The number of nitrogens with zero attached hydrogens (tertiary/aromatic N) is 3. The van der Waals surface area contributed by atoms with Gasteiger partial charge in [-0.2, -0.15) is 5.26 Å². The molecule has 1 heterocycles. The molecule has 0 N–H and O–H groups in total. The predicted molar refractivity (Wildman–Crippen MR) is 58.0 cm³/mol. The number of halogens is 1. The first-order valence-corrected chi connectivity index (χ1v) is 4.81. The van der Waals surface area contributed by atoms with Crippen molar-refractivity contribution >= 4 is 11.6 Å². The molecular formula is C11H8ClN3. The van der Waals surface area contributed by atoms with Crippen LogP contribution in [-0.4, -0.2) is 9.55 Å². The molecule has 0 unspecified atom stereocenters. The van der Waals surface area contributed by atoms with Gasteiger partial charge in [0.1, 0.15) is 11.9 Å². The highest BCUT2D eigenvalue weighted by atomic mass is 35.5. The third-order valence-electron chi connectivity index (χ3n) is 2.19. The maximum Gasteiger partial charge on any atom is 0.110 e. The number of benzene rings is 1. The van der Waals surface area contributed by atoms with Crippen LogP contribution in [0.2, 0.25) is 5.02 Å². The van der Waals surface area contributed by atoms with Gasteiger partial charge < -0.3 is 4.57 Å². The summed E-state index contributed by atoms with van der Waals surface area (Å²) in [5.74, 6) is 0.828. The van der Waals surface area contributed by atoms with E-state index in [9.17, 15) is 0 Å². The fourth-order valence-electron chi connectivity index (χ4n) is 1.46. The lowest BCUT2D eigenvalue weighted by Gasteiger charge is -2.07. The summed E-state index contributed by atoms with van der Waals surface area (Å²) in [5, 5.41) is 9.48. The number of hydrogen-bond donors (Lipinski definition) is 0. The highest BCUT2D eigenvalue weighted by Gasteiger charge is 2.09. The summed E-state index contributed by atoms with van der Waals surface area (Å²) in [7, 11) is 0. The van der Waals surface area contributed by atoms with E-state index in [1.54, 1.807) is 12.3 Å². The highest BCUT2D eigenvalue weighted by Crippen LogP contribution is 2.22. The van der Waals surface area contributed by atoms with Crippen molar-refractivity contribution in [2.45, 2.75) is 6.92 Å². The Kier molecular flexibility index (Phi) is 2.44. The molecule has 1 aromatic heterocycles. The Morgan fingerprint density at radius 2 is 2.27 bits per heavy atom. The molecule has 0 amide bonds. The first-order valence-electron chi connectivity index (χ1n) is 4.43. The van der Waals surface area contributed by atoms with Gasteiger partial charge in [0.05, 0.1) is 16.3 Å². The third-order valence-corrected chi connectivity index (χ3v) is 2.50. The van der Waals surface area contributed by atoms with E-state index in [-0.39, 0.29) is 0 Å². The third kappa shape index (κ3) is 1.60. The summed E-state index contributed by atoms with van der Waals surface area (Å²) in [6.07, 6.45) is 3.50. The van der Waals surface area contributed by atoms with Gasteiger partial charge in [0.25, 0.3) is 0 Å². The van der Waals surface area contributed by atoms with Crippen molar-refractivity contribution in [1.29, 1.82) is 5.26 Å². The van der Waals surface area contributed by atoms with Gasteiger partial charge in [-0.25, -0.2) is 4.98 Å². The Bertz CT molecular complexity index is 537. The van der Waals surface area contributed by atoms with E-state index >= 15 is 0 Å². The minimum atomic E-state index is 0.461. The SMILES string of the molecule is Cc1nccn1-c1cccc(Cl)c1C#N. The Morgan fingerprint density at radius 1 is 1.47 bits per heavy atom. The van der Waals surface area contributed by atoms with Gasteiger partial charge in [0.15, 0.2) is 0 Å². The summed E-state index contributed by atoms with van der Waals surface area (Å²) in [5.41, 5.74) is 1.24. The largest absolute Gasteiger partial charge is 0.303 e. The maximum absolute atomic E-state index is 9.02. The Morgan fingerprint density at radius 3 is 2.87 bits per heavy atom. The van der Waals surface area contributed by atoms with E-state index in [0.717, 1.165) is 11.5 Å². The molecule has 15 heavy (non-hydrogen) atoms. The van der Waals surface area contributed by atoms with Crippen molar-refractivity contribution < 1.29 is 0 Å². The lowest BCUT2D eigenvalue weighted by atomic mass is 10.2. The van der Waals surface area contributed by atoms with Crippen LogP contribution in [0, 0.1) is 18.3 Å². The number of hydrogen-bond acceptors (Lipinski definition) is 2. The molecule has 2 rings (SSSR count). The zero-order valence-electron chi connectivity index (χ0n) is 8.11. The molecule has 0 radical (unpaired) electrons. The molecule has 0 aliphatic heterocycles. The van der Waals surface area contributed by atoms with Gasteiger partial charge in [-0.05, 0) is 19.1 Å². The second-order valence-corrected chi connectivity index (χ2v) is 3.50. The normalized spacial score (nSPS) is 9.93. The minimum absolute atomic E-state index is 0.461. The van der Waals surface area contributed by atoms with Crippen molar-refractivity contribution in [3.63, 3.8) is 0 Å². The molecule has 4 heteroatoms. The Hall–Kier alpha value is -1.79. The topological polar surface area (TPSA) is 41.6 Å². The van der Waals surface area contributed by atoms with Crippen molar-refractivity contribution in [3.8, 4) is 11.8 Å². The predicted octanol–water partition coefficient (Wildman–Crippen LogP) is 2.71. The van der Waals surface area contributed by atoms with E-state index in [1.807, 2.05) is 29.8 Å². The van der Waals surface area contributed by atoms with Crippen LogP contribution < -0.4 is 0 Å². The molecule has 0 aliphatic rings. The molecular weight excluding hydrogens is 210 g/mol. The van der Waals surface area contributed by atoms with Crippen LogP contribution in [0.4, 0.5) is 0 Å². The molecule has 0 saturated carbocycles. The van der Waals surface area contributed by atoms with Crippen LogP contribution in [0.15, 0.2) is 30.6 Å². The summed E-state index contributed by atoms with van der Waals surface area (Å²) >= 11 is 5.94. The quantitative estimate of drug-likeness (QED) is 0.737. The second-order valence-electron chi connectivity index (χ2n) is 3.09. The standard InChI is InChI=1S/C11H8ClN3/c1-8-14-5-6-15(8)11-4-2-3-10(12)9(11)7-13/h2-6H,1H3. The summed E-state index contributed by atoms with van der Waals surface area (Å²) in [6, 6.07) is 7.47. The van der Waals surface area contributed by atoms with E-state index in [2.05, 4.69) is 11.1 Å². The summed E-state index contributed by atoms with van der Waals surface area (Å²) in [6.45, 7) is 1.88. The maximum atomic E-state index is 9.02. The molecule has 1 aromatic carbocycles. The second kappa shape index (κ2) is 3.76.